The molecule has 4 atom stereocenters. The van der Waals surface area contributed by atoms with E-state index in [9.17, 15) is 4.79 Å². The fraction of sp³-hybridized carbons (Fsp3) is 0.769. The van der Waals surface area contributed by atoms with Crippen LogP contribution in [0.2, 0.25) is 0 Å². The lowest BCUT2D eigenvalue weighted by atomic mass is 9.80. The lowest BCUT2D eigenvalue weighted by molar-refractivity contribution is -0.246. The van der Waals surface area contributed by atoms with E-state index in [1.54, 1.807) is 13.8 Å². The van der Waals surface area contributed by atoms with Gasteiger partial charge in [-0.25, -0.2) is 0 Å². The molecule has 0 saturated carbocycles. The Morgan fingerprint density at radius 2 is 2.05 bits per heavy atom. The second-order valence-electron chi connectivity index (χ2n) is 5.28. The third-order valence-electron chi connectivity index (χ3n) is 3.63. The van der Waals surface area contributed by atoms with Crippen molar-refractivity contribution in [2.24, 2.45) is 0 Å². The monoisotopic (exact) mass is 270 g/mol. The van der Waals surface area contributed by atoms with Gasteiger partial charge in [0.05, 0.1) is 6.61 Å². The van der Waals surface area contributed by atoms with Crippen LogP contribution in [0.5, 0.6) is 0 Å². The molecule has 3 unspecified atom stereocenters. The lowest BCUT2D eigenvalue weighted by Gasteiger charge is -2.38. The van der Waals surface area contributed by atoms with E-state index >= 15 is 0 Å². The Morgan fingerprint density at radius 3 is 2.63 bits per heavy atom. The zero-order valence-corrected chi connectivity index (χ0v) is 11.5. The number of hydrogen-bond donors (Lipinski definition) is 0. The van der Waals surface area contributed by atoms with Gasteiger partial charge >= 0.3 is 0 Å². The average Bonchev–Trinajstić information content (AvgIpc) is 2.81. The highest BCUT2D eigenvalue weighted by Crippen LogP contribution is 2.51. The van der Waals surface area contributed by atoms with Gasteiger partial charge in [-0.3, -0.25) is 4.79 Å². The number of ether oxygens (including phenoxy) is 5. The maximum Gasteiger partial charge on any atom is 0.219 e. The fourth-order valence-corrected chi connectivity index (χ4v) is 2.88. The highest BCUT2D eigenvalue weighted by Gasteiger charge is 2.71. The van der Waals surface area contributed by atoms with E-state index < -0.39 is 29.9 Å². The van der Waals surface area contributed by atoms with Crippen molar-refractivity contribution in [3.05, 3.63) is 11.8 Å². The molecule has 19 heavy (non-hydrogen) atoms. The summed E-state index contributed by atoms with van der Waals surface area (Å²) in [5.41, 5.74) is -1.20. The Morgan fingerprint density at radius 1 is 1.32 bits per heavy atom. The molecule has 1 spiro atoms. The Kier molecular flexibility index (Phi) is 2.76. The van der Waals surface area contributed by atoms with Crippen molar-refractivity contribution < 1.29 is 28.5 Å². The van der Waals surface area contributed by atoms with Gasteiger partial charge in [-0.1, -0.05) is 0 Å². The molecule has 0 aromatic rings. The minimum atomic E-state index is -1.20. The molecule has 0 N–H and O–H groups in total. The first kappa shape index (κ1) is 13.1. The van der Waals surface area contributed by atoms with Crippen molar-refractivity contribution in [1.29, 1.82) is 0 Å². The van der Waals surface area contributed by atoms with Gasteiger partial charge in [-0.05, 0) is 20.8 Å². The van der Waals surface area contributed by atoms with Crippen LogP contribution in [-0.4, -0.2) is 49.4 Å². The third kappa shape index (κ3) is 1.61. The van der Waals surface area contributed by atoms with Crippen LogP contribution in [0.4, 0.5) is 0 Å². The number of fused-ring (bicyclic) bond motifs is 2. The molecule has 0 bridgehead atoms. The summed E-state index contributed by atoms with van der Waals surface area (Å²) in [5, 5.41) is 0. The van der Waals surface area contributed by atoms with E-state index in [1.807, 2.05) is 6.92 Å². The summed E-state index contributed by atoms with van der Waals surface area (Å²) in [4.78, 5) is 12.1. The molecule has 0 aromatic carbocycles. The smallest absolute Gasteiger partial charge is 0.219 e. The van der Waals surface area contributed by atoms with Gasteiger partial charge < -0.3 is 23.7 Å². The van der Waals surface area contributed by atoms with Gasteiger partial charge in [0.15, 0.2) is 12.1 Å². The summed E-state index contributed by atoms with van der Waals surface area (Å²) >= 11 is 0. The van der Waals surface area contributed by atoms with E-state index in [2.05, 4.69) is 0 Å². The molecule has 6 nitrogen and oxygen atoms in total. The predicted octanol–water partition coefficient (Wildman–Crippen LogP) is 0.751. The summed E-state index contributed by atoms with van der Waals surface area (Å²) in [6.45, 7) is 5.93. The summed E-state index contributed by atoms with van der Waals surface area (Å²) in [5.74, 6) is -0.432. The molecule has 2 aliphatic heterocycles. The molecule has 106 valence electrons. The normalized spacial score (nSPS) is 43.1. The van der Waals surface area contributed by atoms with E-state index in [1.165, 1.54) is 13.2 Å². The third-order valence-corrected chi connectivity index (χ3v) is 3.63. The van der Waals surface area contributed by atoms with E-state index in [0.29, 0.717) is 12.4 Å². The van der Waals surface area contributed by atoms with Crippen molar-refractivity contribution in [1.82, 2.24) is 0 Å². The maximum absolute atomic E-state index is 12.1. The van der Waals surface area contributed by atoms with Gasteiger partial charge in [0, 0.05) is 13.2 Å². The largest absolute Gasteiger partial charge is 0.494 e. The average molecular weight is 270 g/mol. The lowest BCUT2D eigenvalue weighted by Crippen LogP contribution is -2.57. The summed E-state index contributed by atoms with van der Waals surface area (Å²) in [6, 6.07) is 0. The molecule has 0 amide bonds. The minimum absolute atomic E-state index is 0.160. The molecular weight excluding hydrogens is 252 g/mol. The maximum atomic E-state index is 12.1. The number of carbonyl (C=O) groups is 1. The first-order valence-corrected chi connectivity index (χ1v) is 6.40. The minimum Gasteiger partial charge on any atom is -0.494 e. The van der Waals surface area contributed by atoms with Crippen LogP contribution in [-0.2, 0) is 28.5 Å². The summed E-state index contributed by atoms with van der Waals surface area (Å²) < 4.78 is 28.1. The molecule has 0 aromatic heterocycles. The molecule has 2 fully saturated rings. The van der Waals surface area contributed by atoms with E-state index in [0.717, 1.165) is 0 Å². The molecule has 2 saturated heterocycles. The number of hydrogen-bond acceptors (Lipinski definition) is 6. The molecule has 0 radical (unpaired) electrons. The predicted molar refractivity (Wildman–Crippen MR) is 63.2 cm³/mol. The molecular formula is C13H18O6. The quantitative estimate of drug-likeness (QED) is 0.754. The van der Waals surface area contributed by atoms with Gasteiger partial charge in [-0.2, -0.15) is 0 Å². The Bertz CT molecular complexity index is 442. The van der Waals surface area contributed by atoms with Gasteiger partial charge in [0.1, 0.15) is 18.0 Å². The topological polar surface area (TPSA) is 63.2 Å². The van der Waals surface area contributed by atoms with Crippen LogP contribution >= 0.6 is 0 Å². The fourth-order valence-electron chi connectivity index (χ4n) is 2.88. The first-order chi connectivity index (χ1) is 8.94. The van der Waals surface area contributed by atoms with Crippen molar-refractivity contribution in [3.8, 4) is 0 Å². The number of carbonyl (C=O) groups excluding carboxylic acids is 1. The van der Waals surface area contributed by atoms with Crippen molar-refractivity contribution in [2.45, 2.75) is 50.7 Å². The highest BCUT2D eigenvalue weighted by atomic mass is 16.8. The number of rotatable bonds is 3. The number of ketones is 1. The second-order valence-corrected chi connectivity index (χ2v) is 5.28. The van der Waals surface area contributed by atoms with Gasteiger partial charge in [0.2, 0.25) is 11.4 Å². The first-order valence-electron chi connectivity index (χ1n) is 6.40. The Balaban J connectivity index is 1.95. The molecule has 6 heteroatoms. The van der Waals surface area contributed by atoms with Crippen LogP contribution < -0.4 is 0 Å². The Hall–Kier alpha value is -0.950. The van der Waals surface area contributed by atoms with Crippen molar-refractivity contribution in [2.75, 3.05) is 13.7 Å². The zero-order chi connectivity index (χ0) is 13.8. The van der Waals surface area contributed by atoms with E-state index in [-0.39, 0.29) is 5.78 Å². The molecule has 3 rings (SSSR count). The Labute approximate surface area is 111 Å². The van der Waals surface area contributed by atoms with Crippen LogP contribution in [0, 0.1) is 0 Å². The SMILES string of the molecule is CCOC1=CC(=O)[C@@]12OC(OC)C1OC(C)(C)OC12. The summed E-state index contributed by atoms with van der Waals surface area (Å²) in [7, 11) is 1.52. The second kappa shape index (κ2) is 4.02. The molecule has 1 aliphatic carbocycles. The van der Waals surface area contributed by atoms with Crippen LogP contribution in [0.3, 0.4) is 0 Å². The molecule has 2 heterocycles. The van der Waals surface area contributed by atoms with Gasteiger partial charge in [-0.15, -0.1) is 0 Å². The molecule has 3 aliphatic rings. The van der Waals surface area contributed by atoms with Crippen LogP contribution in [0.15, 0.2) is 11.8 Å². The van der Waals surface area contributed by atoms with Crippen LogP contribution in [0.1, 0.15) is 20.8 Å². The van der Waals surface area contributed by atoms with Crippen LogP contribution in [0.25, 0.3) is 0 Å². The van der Waals surface area contributed by atoms with Crippen molar-refractivity contribution in [3.63, 3.8) is 0 Å². The summed E-state index contributed by atoms with van der Waals surface area (Å²) in [6.07, 6.45) is -0.174. The highest BCUT2D eigenvalue weighted by molar-refractivity contribution is 6.08. The van der Waals surface area contributed by atoms with Gasteiger partial charge in [0.25, 0.3) is 0 Å². The van der Waals surface area contributed by atoms with E-state index in [4.69, 9.17) is 23.7 Å². The zero-order valence-electron chi connectivity index (χ0n) is 11.5. The van der Waals surface area contributed by atoms with Crippen molar-refractivity contribution >= 4 is 5.78 Å². The standard InChI is InChI=1S/C13H18O6/c1-5-16-8-6-7(14)13(8)10-9(11(15-4)19-13)17-12(2,3)18-10/h6,9-11H,5H2,1-4H3/t9?,10?,11?,13-/m1/s1. The number of methoxy groups -OCH3 is 1.